The molecule has 0 amide bonds. The monoisotopic (exact) mass is 494 g/mol. The summed E-state index contributed by atoms with van der Waals surface area (Å²) in [5.74, 6) is -0.00995. The van der Waals surface area contributed by atoms with Crippen molar-refractivity contribution >= 4 is 5.97 Å². The number of aliphatic hydroxyl groups is 1. The first kappa shape index (κ1) is 34.2. The fourth-order valence-corrected chi connectivity index (χ4v) is 4.56. The smallest absolute Gasteiger partial charge is 0.305 e. The number of carbonyl (C=O) groups excluding carboxylic acids is 1. The van der Waals surface area contributed by atoms with E-state index in [9.17, 15) is 9.90 Å². The van der Waals surface area contributed by atoms with Crippen LogP contribution in [0.4, 0.5) is 0 Å². The van der Waals surface area contributed by atoms with Crippen LogP contribution in [-0.4, -0.2) is 23.8 Å². The quantitative estimate of drug-likeness (QED) is 0.0668. The first-order valence-electron chi connectivity index (χ1n) is 15.7. The van der Waals surface area contributed by atoms with Crippen LogP contribution in [0.3, 0.4) is 0 Å². The Bertz CT molecular complexity index is 446. The van der Waals surface area contributed by atoms with E-state index in [1.54, 1.807) is 0 Å². The molecule has 1 N–H and O–H groups in total. The number of ether oxygens (including phenoxy) is 1. The van der Waals surface area contributed by atoms with Crippen molar-refractivity contribution in [2.45, 2.75) is 180 Å². The molecule has 208 valence electrons. The maximum atomic E-state index is 11.9. The summed E-state index contributed by atoms with van der Waals surface area (Å²) in [6.45, 7) is 5.10. The van der Waals surface area contributed by atoms with Crippen molar-refractivity contribution in [3.8, 4) is 0 Å². The molecule has 0 radical (unpaired) electrons. The summed E-state index contributed by atoms with van der Waals surface area (Å²) in [5, 5.41) is 9.96. The van der Waals surface area contributed by atoms with Gasteiger partial charge in [0.1, 0.15) is 0 Å². The van der Waals surface area contributed by atoms with Gasteiger partial charge in [-0.15, -0.1) is 0 Å². The van der Waals surface area contributed by atoms with Gasteiger partial charge < -0.3 is 9.84 Å². The van der Waals surface area contributed by atoms with E-state index >= 15 is 0 Å². The van der Waals surface area contributed by atoms with Crippen LogP contribution in [0.1, 0.15) is 174 Å². The second-order valence-corrected chi connectivity index (χ2v) is 10.6. The molecule has 1 atom stereocenters. The highest BCUT2D eigenvalue weighted by atomic mass is 16.5. The van der Waals surface area contributed by atoms with Gasteiger partial charge in [0.15, 0.2) is 0 Å². The fraction of sp³-hybridized carbons (Fsp3) is 0.906. The van der Waals surface area contributed by atoms with Gasteiger partial charge in [-0.2, -0.15) is 0 Å². The zero-order valence-corrected chi connectivity index (χ0v) is 23.9. The Morgan fingerprint density at radius 3 is 1.71 bits per heavy atom. The highest BCUT2D eigenvalue weighted by molar-refractivity contribution is 5.69. The molecule has 0 fully saturated rings. The molecule has 35 heavy (non-hydrogen) atoms. The van der Waals surface area contributed by atoms with Crippen molar-refractivity contribution in [1.82, 2.24) is 0 Å². The third-order valence-corrected chi connectivity index (χ3v) is 6.98. The zero-order chi connectivity index (χ0) is 25.7. The number of esters is 1. The van der Waals surface area contributed by atoms with Crippen molar-refractivity contribution in [1.29, 1.82) is 0 Å². The van der Waals surface area contributed by atoms with Crippen LogP contribution in [0.5, 0.6) is 0 Å². The van der Waals surface area contributed by atoms with Gasteiger partial charge in [-0.25, -0.2) is 0 Å². The molecule has 0 saturated carbocycles. The van der Waals surface area contributed by atoms with E-state index in [-0.39, 0.29) is 12.1 Å². The van der Waals surface area contributed by atoms with Gasteiger partial charge in [0, 0.05) is 6.42 Å². The summed E-state index contributed by atoms with van der Waals surface area (Å²) < 4.78 is 5.39. The summed E-state index contributed by atoms with van der Waals surface area (Å²) in [5.41, 5.74) is 0. The molecule has 0 heterocycles. The van der Waals surface area contributed by atoms with Gasteiger partial charge in [-0.1, -0.05) is 142 Å². The van der Waals surface area contributed by atoms with Crippen molar-refractivity contribution in [3.05, 3.63) is 12.2 Å². The van der Waals surface area contributed by atoms with Gasteiger partial charge in [0.2, 0.25) is 0 Å². The molecule has 0 saturated heterocycles. The summed E-state index contributed by atoms with van der Waals surface area (Å²) in [6, 6.07) is 0. The Balaban J connectivity index is 3.27. The van der Waals surface area contributed by atoms with E-state index in [2.05, 4.69) is 26.0 Å². The lowest BCUT2D eigenvalue weighted by atomic mass is 10.1. The predicted octanol–water partition coefficient (Wildman–Crippen LogP) is 10.2. The minimum Gasteiger partial charge on any atom is -0.466 e. The lowest BCUT2D eigenvalue weighted by molar-refractivity contribution is -0.143. The number of allylic oxidation sites excluding steroid dienone is 1. The molecule has 0 aliphatic heterocycles. The molecular formula is C32H62O3. The second-order valence-electron chi connectivity index (χ2n) is 10.6. The molecule has 0 bridgehead atoms. The molecule has 0 aromatic carbocycles. The molecule has 0 aromatic heterocycles. The van der Waals surface area contributed by atoms with E-state index < -0.39 is 0 Å². The minimum absolute atomic E-state index is 0.00995. The topological polar surface area (TPSA) is 46.5 Å². The zero-order valence-electron chi connectivity index (χ0n) is 23.9. The van der Waals surface area contributed by atoms with E-state index in [1.165, 1.54) is 109 Å². The molecule has 0 aliphatic rings. The van der Waals surface area contributed by atoms with Crippen molar-refractivity contribution in [2.75, 3.05) is 6.61 Å². The molecule has 0 spiro atoms. The van der Waals surface area contributed by atoms with Gasteiger partial charge in [-0.05, 0) is 38.5 Å². The number of carbonyl (C=O) groups is 1. The lowest BCUT2D eigenvalue weighted by Crippen LogP contribution is -2.05. The Morgan fingerprint density at radius 1 is 0.629 bits per heavy atom. The Hall–Kier alpha value is -0.830. The summed E-state index contributed by atoms with van der Waals surface area (Å²) in [4.78, 5) is 11.9. The Labute approximate surface area is 219 Å². The molecular weight excluding hydrogens is 432 g/mol. The average molecular weight is 495 g/mol. The molecule has 3 nitrogen and oxygen atoms in total. The maximum Gasteiger partial charge on any atom is 0.305 e. The highest BCUT2D eigenvalue weighted by Gasteiger charge is 2.03. The molecule has 0 aromatic rings. The lowest BCUT2D eigenvalue weighted by Gasteiger charge is -2.07. The molecule has 0 rings (SSSR count). The first-order chi connectivity index (χ1) is 17.2. The average Bonchev–Trinajstić information content (AvgIpc) is 2.85. The predicted molar refractivity (Wildman–Crippen MR) is 153 cm³/mol. The van der Waals surface area contributed by atoms with E-state index in [0.29, 0.717) is 13.0 Å². The fourth-order valence-electron chi connectivity index (χ4n) is 4.56. The van der Waals surface area contributed by atoms with Crippen molar-refractivity contribution in [2.24, 2.45) is 0 Å². The van der Waals surface area contributed by atoms with Gasteiger partial charge in [0.25, 0.3) is 0 Å². The van der Waals surface area contributed by atoms with E-state index in [4.69, 9.17) is 4.74 Å². The number of rotatable bonds is 28. The highest BCUT2D eigenvalue weighted by Crippen LogP contribution is 2.13. The number of hydrogen-bond acceptors (Lipinski definition) is 3. The molecule has 3 heteroatoms. The van der Waals surface area contributed by atoms with Crippen LogP contribution in [0.25, 0.3) is 0 Å². The van der Waals surface area contributed by atoms with Crippen LogP contribution in [0.2, 0.25) is 0 Å². The normalized spacial score (nSPS) is 12.4. The SMILES string of the molecule is CCCCCCCCCCCCCCOC(=O)CCCCCCC/C=C\CC(O)CCCCCC. The molecule has 0 aliphatic carbocycles. The summed E-state index contributed by atoms with van der Waals surface area (Å²) in [7, 11) is 0. The number of hydrogen-bond donors (Lipinski definition) is 1. The number of unbranched alkanes of at least 4 members (excludes halogenated alkanes) is 19. The van der Waals surface area contributed by atoms with Gasteiger partial charge in [-0.3, -0.25) is 4.79 Å². The third-order valence-electron chi connectivity index (χ3n) is 6.98. The van der Waals surface area contributed by atoms with Crippen LogP contribution in [0.15, 0.2) is 12.2 Å². The van der Waals surface area contributed by atoms with Crippen LogP contribution >= 0.6 is 0 Å². The van der Waals surface area contributed by atoms with Crippen LogP contribution in [-0.2, 0) is 9.53 Å². The summed E-state index contributed by atoms with van der Waals surface area (Å²) in [6.07, 6.45) is 34.2. The summed E-state index contributed by atoms with van der Waals surface area (Å²) >= 11 is 0. The standard InChI is InChI=1S/C32H62O3/c1-3-5-7-9-10-11-12-13-16-19-22-26-30-35-32(34)29-25-21-18-15-14-17-20-24-28-31(33)27-23-8-6-4-2/h20,24,31,33H,3-19,21-23,25-30H2,1-2H3/b24-20-. The van der Waals surface area contributed by atoms with Crippen LogP contribution < -0.4 is 0 Å². The maximum absolute atomic E-state index is 11.9. The first-order valence-corrected chi connectivity index (χ1v) is 15.7. The third kappa shape index (κ3) is 29.3. The Morgan fingerprint density at radius 2 is 1.11 bits per heavy atom. The Kier molecular flexibility index (Phi) is 28.7. The second kappa shape index (κ2) is 29.4. The van der Waals surface area contributed by atoms with Crippen molar-refractivity contribution < 1.29 is 14.6 Å². The van der Waals surface area contributed by atoms with E-state index in [0.717, 1.165) is 44.9 Å². The van der Waals surface area contributed by atoms with Crippen LogP contribution in [0, 0.1) is 0 Å². The van der Waals surface area contributed by atoms with E-state index in [1.807, 2.05) is 0 Å². The largest absolute Gasteiger partial charge is 0.466 e. The molecule has 1 unspecified atom stereocenters. The van der Waals surface area contributed by atoms with Crippen molar-refractivity contribution in [3.63, 3.8) is 0 Å². The minimum atomic E-state index is -0.164. The number of aliphatic hydroxyl groups excluding tert-OH is 1. The van der Waals surface area contributed by atoms with Gasteiger partial charge in [0.05, 0.1) is 12.7 Å². The van der Waals surface area contributed by atoms with Gasteiger partial charge >= 0.3 is 5.97 Å².